The van der Waals surface area contributed by atoms with Crippen molar-refractivity contribution in [3.63, 3.8) is 0 Å². The number of carbonyl (C=O) groups is 6. The number of fused-ring (bicyclic) bond motifs is 1. The summed E-state index contributed by atoms with van der Waals surface area (Å²) in [5.74, 6) is -2.80. The topological polar surface area (TPSA) is 185 Å². The van der Waals surface area contributed by atoms with Gasteiger partial charge in [-0.25, -0.2) is 4.79 Å². The number of hydrogen-bond donors (Lipinski definition) is 3. The van der Waals surface area contributed by atoms with Gasteiger partial charge < -0.3 is 15.4 Å². The Hall–Kier alpha value is -4.66. The molecule has 1 atom stereocenters. The molecular formula is C30H38N8O7. The van der Waals surface area contributed by atoms with Crippen LogP contribution in [0.2, 0.25) is 0 Å². The van der Waals surface area contributed by atoms with Gasteiger partial charge in [-0.1, -0.05) is 11.3 Å². The van der Waals surface area contributed by atoms with Crippen molar-refractivity contribution in [1.29, 1.82) is 0 Å². The first-order valence-electron chi connectivity index (χ1n) is 15.1. The Morgan fingerprint density at radius 2 is 1.82 bits per heavy atom. The number of benzene rings is 1. The molecule has 15 heteroatoms. The SMILES string of the molecule is CC(C)(C)OC(=O)NC1CCN(Cc2cn(CCCC(=O)Nc3cccc4c3C(=O)N(C3CCC(=O)NC3=O)C4=O)nn2)CC1. The van der Waals surface area contributed by atoms with Crippen LogP contribution in [0.5, 0.6) is 0 Å². The van der Waals surface area contributed by atoms with Crippen molar-refractivity contribution in [2.45, 2.75) is 90.1 Å². The van der Waals surface area contributed by atoms with E-state index in [0.29, 0.717) is 19.5 Å². The highest BCUT2D eigenvalue weighted by Gasteiger charge is 2.45. The molecule has 3 aliphatic rings. The van der Waals surface area contributed by atoms with Crippen LogP contribution < -0.4 is 16.0 Å². The van der Waals surface area contributed by atoms with Crippen molar-refractivity contribution >= 4 is 41.3 Å². The summed E-state index contributed by atoms with van der Waals surface area (Å²) in [5, 5.41) is 16.3. The van der Waals surface area contributed by atoms with E-state index in [2.05, 4.69) is 31.2 Å². The average Bonchev–Trinajstić information content (AvgIpc) is 3.50. The number of carbonyl (C=O) groups excluding carboxylic acids is 6. The standard InChI is InChI=1S/C30H38N8O7/c1-30(2,3)45-29(44)31-18-11-14-36(15-12-18)16-19-17-37(35-34-19)13-5-8-23(39)32-21-7-4-6-20-25(21)28(43)38(27(20)42)22-9-10-24(40)33-26(22)41/h4,6-7,17-18,22H,5,8-16H2,1-3H3,(H,31,44)(H,32,39)(H,33,40,41). The molecule has 45 heavy (non-hydrogen) atoms. The summed E-state index contributed by atoms with van der Waals surface area (Å²) < 4.78 is 7.02. The molecule has 3 aliphatic heterocycles. The molecule has 2 saturated heterocycles. The molecular weight excluding hydrogens is 584 g/mol. The summed E-state index contributed by atoms with van der Waals surface area (Å²) in [6, 6.07) is 3.56. The molecule has 0 spiro atoms. The molecule has 1 unspecified atom stereocenters. The normalized spacial score (nSPS) is 19.4. The summed E-state index contributed by atoms with van der Waals surface area (Å²) >= 11 is 0. The summed E-state index contributed by atoms with van der Waals surface area (Å²) in [4.78, 5) is 78.0. The Bertz CT molecular complexity index is 1510. The van der Waals surface area contributed by atoms with Gasteiger partial charge >= 0.3 is 6.09 Å². The summed E-state index contributed by atoms with van der Waals surface area (Å²) in [6.07, 6.45) is 3.73. The molecule has 2 aromatic rings. The second-order valence-corrected chi connectivity index (χ2v) is 12.5. The van der Waals surface area contributed by atoms with Crippen LogP contribution in [-0.4, -0.2) is 91.2 Å². The number of aromatic nitrogens is 3. The molecule has 240 valence electrons. The van der Waals surface area contributed by atoms with E-state index in [4.69, 9.17) is 4.74 Å². The molecule has 1 aromatic heterocycles. The molecule has 0 bridgehead atoms. The van der Waals surface area contributed by atoms with E-state index in [9.17, 15) is 28.8 Å². The Morgan fingerprint density at radius 1 is 1.07 bits per heavy atom. The highest BCUT2D eigenvalue weighted by molar-refractivity contribution is 6.26. The van der Waals surface area contributed by atoms with Gasteiger partial charge in [0.2, 0.25) is 17.7 Å². The Morgan fingerprint density at radius 3 is 2.53 bits per heavy atom. The highest BCUT2D eigenvalue weighted by atomic mass is 16.6. The molecule has 2 fully saturated rings. The Kier molecular flexibility index (Phi) is 9.27. The van der Waals surface area contributed by atoms with Gasteiger partial charge in [0.1, 0.15) is 11.6 Å². The second kappa shape index (κ2) is 13.1. The number of rotatable bonds is 9. The number of likely N-dealkylation sites (tertiary alicyclic amines) is 1. The van der Waals surface area contributed by atoms with Gasteiger partial charge in [-0.05, 0) is 58.6 Å². The van der Waals surface area contributed by atoms with Gasteiger partial charge in [0.25, 0.3) is 11.8 Å². The van der Waals surface area contributed by atoms with Gasteiger partial charge in [0.15, 0.2) is 0 Å². The maximum atomic E-state index is 13.2. The Labute approximate surface area is 260 Å². The number of aryl methyl sites for hydroxylation is 1. The van der Waals surface area contributed by atoms with Crippen molar-refractivity contribution in [1.82, 2.24) is 35.4 Å². The van der Waals surface area contributed by atoms with Crippen LogP contribution in [0.25, 0.3) is 0 Å². The van der Waals surface area contributed by atoms with Gasteiger partial charge in [0.05, 0.1) is 22.5 Å². The third-order valence-electron chi connectivity index (χ3n) is 7.81. The molecule has 0 saturated carbocycles. The number of hydrogen-bond acceptors (Lipinski definition) is 10. The van der Waals surface area contributed by atoms with Crippen LogP contribution in [0, 0.1) is 0 Å². The number of nitrogens with zero attached hydrogens (tertiary/aromatic N) is 5. The molecule has 3 N–H and O–H groups in total. The molecule has 0 radical (unpaired) electrons. The number of anilines is 1. The first kappa shape index (κ1) is 31.8. The van der Waals surface area contributed by atoms with E-state index in [-0.39, 0.29) is 48.0 Å². The smallest absolute Gasteiger partial charge is 0.407 e. The van der Waals surface area contributed by atoms with Gasteiger partial charge in [-0.15, -0.1) is 5.10 Å². The van der Waals surface area contributed by atoms with E-state index >= 15 is 0 Å². The van der Waals surface area contributed by atoms with E-state index in [1.165, 1.54) is 12.1 Å². The number of imide groups is 2. The highest BCUT2D eigenvalue weighted by Crippen LogP contribution is 2.32. The van der Waals surface area contributed by atoms with Crippen LogP contribution in [-0.2, 0) is 32.2 Å². The lowest BCUT2D eigenvalue weighted by Crippen LogP contribution is -2.54. The minimum absolute atomic E-state index is 0.0223. The molecule has 6 amide bonds. The molecule has 0 aliphatic carbocycles. The predicted octanol–water partition coefficient (Wildman–Crippen LogP) is 1.59. The maximum absolute atomic E-state index is 13.2. The fraction of sp³-hybridized carbons (Fsp3) is 0.533. The average molecular weight is 623 g/mol. The van der Waals surface area contributed by atoms with E-state index < -0.39 is 41.4 Å². The number of amides is 6. The van der Waals surface area contributed by atoms with Crippen LogP contribution in [0.1, 0.15) is 85.7 Å². The van der Waals surface area contributed by atoms with Crippen molar-refractivity contribution in [2.24, 2.45) is 0 Å². The number of nitrogens with one attached hydrogen (secondary N) is 3. The summed E-state index contributed by atoms with van der Waals surface area (Å²) in [5.41, 5.74) is 0.598. The lowest BCUT2D eigenvalue weighted by Gasteiger charge is -2.32. The van der Waals surface area contributed by atoms with Crippen molar-refractivity contribution in [2.75, 3.05) is 18.4 Å². The zero-order valence-corrected chi connectivity index (χ0v) is 25.6. The number of alkyl carbamates (subject to hydrolysis) is 1. The quantitative estimate of drug-likeness (QED) is 0.347. The van der Waals surface area contributed by atoms with Crippen LogP contribution >= 0.6 is 0 Å². The lowest BCUT2D eigenvalue weighted by atomic mass is 10.0. The third-order valence-corrected chi connectivity index (χ3v) is 7.81. The zero-order chi connectivity index (χ0) is 32.3. The van der Waals surface area contributed by atoms with Gasteiger partial charge in [0, 0.05) is 51.3 Å². The third kappa shape index (κ3) is 7.71. The van der Waals surface area contributed by atoms with Crippen molar-refractivity contribution in [3.8, 4) is 0 Å². The van der Waals surface area contributed by atoms with E-state index in [1.54, 1.807) is 10.7 Å². The first-order chi connectivity index (χ1) is 21.4. The van der Waals surface area contributed by atoms with Crippen LogP contribution in [0.3, 0.4) is 0 Å². The van der Waals surface area contributed by atoms with Gasteiger partial charge in [-0.2, -0.15) is 0 Å². The lowest BCUT2D eigenvalue weighted by molar-refractivity contribution is -0.136. The second-order valence-electron chi connectivity index (χ2n) is 12.5. The first-order valence-corrected chi connectivity index (χ1v) is 15.1. The van der Waals surface area contributed by atoms with Gasteiger partial charge in [-0.3, -0.25) is 43.8 Å². The fourth-order valence-corrected chi connectivity index (χ4v) is 5.69. The minimum Gasteiger partial charge on any atom is -0.444 e. The summed E-state index contributed by atoms with van der Waals surface area (Å²) in [7, 11) is 0. The minimum atomic E-state index is -1.08. The zero-order valence-electron chi connectivity index (χ0n) is 25.6. The maximum Gasteiger partial charge on any atom is 0.407 e. The largest absolute Gasteiger partial charge is 0.444 e. The number of ether oxygens (including phenoxy) is 1. The van der Waals surface area contributed by atoms with Crippen molar-refractivity contribution in [3.05, 3.63) is 41.2 Å². The predicted molar refractivity (Wildman–Crippen MR) is 159 cm³/mol. The van der Waals surface area contributed by atoms with Crippen molar-refractivity contribution < 1.29 is 33.5 Å². The fourth-order valence-electron chi connectivity index (χ4n) is 5.69. The van der Waals surface area contributed by atoms with Crippen LogP contribution in [0.4, 0.5) is 10.5 Å². The van der Waals surface area contributed by atoms with E-state index in [1.807, 2.05) is 27.0 Å². The molecule has 15 nitrogen and oxygen atoms in total. The number of piperidine rings is 2. The molecule has 5 rings (SSSR count). The molecule has 4 heterocycles. The van der Waals surface area contributed by atoms with Crippen LogP contribution in [0.15, 0.2) is 24.4 Å². The monoisotopic (exact) mass is 622 g/mol. The Balaban J connectivity index is 1.07. The van der Waals surface area contributed by atoms with E-state index in [0.717, 1.165) is 36.5 Å². The molecule has 1 aromatic carbocycles. The summed E-state index contributed by atoms with van der Waals surface area (Å²) in [6.45, 7) is 8.19.